The highest BCUT2D eigenvalue weighted by Crippen LogP contribution is 2.23. The van der Waals surface area contributed by atoms with Crippen LogP contribution in [-0.4, -0.2) is 217 Å². The van der Waals surface area contributed by atoms with Crippen molar-refractivity contribution in [1.82, 2.24) is 63.4 Å². The number of carbonyl (C=O) groups excluding carboxylic acids is 12. The van der Waals surface area contributed by atoms with Gasteiger partial charge in [0.25, 0.3) is 0 Å². The van der Waals surface area contributed by atoms with Crippen LogP contribution in [0.5, 0.6) is 5.75 Å². The van der Waals surface area contributed by atoms with Crippen LogP contribution < -0.4 is 98.6 Å². The van der Waals surface area contributed by atoms with Crippen molar-refractivity contribution in [3.05, 3.63) is 65.7 Å². The molecule has 12 amide bonds. The maximum atomic E-state index is 15.0. The first-order valence-electron chi connectivity index (χ1n) is 38.6. The number of nitrogens with one attached hydrogen (secondary N) is 11. The molecule has 0 aromatic heterocycles. The van der Waals surface area contributed by atoms with Gasteiger partial charge in [-0.05, 0) is 189 Å². The van der Waals surface area contributed by atoms with Crippen LogP contribution in [-0.2, 0) is 75.2 Å². The second-order valence-corrected chi connectivity index (χ2v) is 29.0. The number of carboxylic acids is 1. The number of nitrogens with two attached hydrogens (primary N) is 7. The molecule has 1 aliphatic rings. The van der Waals surface area contributed by atoms with Crippen molar-refractivity contribution >= 4 is 82.8 Å². The number of phenolic OH excluding ortho intramolecular Hbond substituents is 1. The summed E-state index contributed by atoms with van der Waals surface area (Å²) in [4.78, 5) is 188. The number of carboxylic acid groups (broad SMARTS) is 1. The van der Waals surface area contributed by atoms with E-state index in [1.165, 1.54) is 17.0 Å². The molecule has 3 rings (SSSR count). The summed E-state index contributed by atoms with van der Waals surface area (Å²) in [5.41, 5.74) is 41.9. The van der Waals surface area contributed by atoms with Gasteiger partial charge in [-0.1, -0.05) is 90.4 Å². The lowest BCUT2D eigenvalue weighted by Gasteiger charge is -2.32. The Kier molecular flexibility index (Phi) is 44.5. The molecule has 0 saturated carbocycles. The molecule has 0 unspecified atom stereocenters. The van der Waals surface area contributed by atoms with E-state index < -0.39 is 162 Å². The molecule has 1 heterocycles. The number of unbranched alkanes of at least 4 members (excludes halogenated alkanes) is 4. The first kappa shape index (κ1) is 94.6. The summed E-state index contributed by atoms with van der Waals surface area (Å²) in [6.07, 6.45) is 4.76. The molecule has 0 radical (unpaired) electrons. The maximum absolute atomic E-state index is 15.0. The van der Waals surface area contributed by atoms with E-state index in [1.54, 1.807) is 56.3 Å². The van der Waals surface area contributed by atoms with Gasteiger partial charge < -0.3 is 114 Å². The van der Waals surface area contributed by atoms with Crippen molar-refractivity contribution in [2.24, 2.45) is 62.9 Å². The molecule has 0 spiro atoms. The second-order valence-electron chi connectivity index (χ2n) is 29.0. The molecule has 616 valence electrons. The Labute approximate surface area is 645 Å². The van der Waals surface area contributed by atoms with Gasteiger partial charge in [0.15, 0.2) is 5.96 Å². The van der Waals surface area contributed by atoms with Crippen LogP contribution >= 0.6 is 0 Å². The van der Waals surface area contributed by atoms with Crippen molar-refractivity contribution in [2.75, 3.05) is 52.4 Å². The number of aliphatic carboxylic acids is 1. The molecular weight excluding hydrogens is 1420 g/mol. The zero-order chi connectivity index (χ0) is 81.8. The number of carbonyl (C=O) groups is 13. The zero-order valence-electron chi connectivity index (χ0n) is 64.9. The van der Waals surface area contributed by atoms with Gasteiger partial charge >= 0.3 is 5.97 Å². The fourth-order valence-electron chi connectivity index (χ4n) is 12.4. The number of nitrogens with zero attached hydrogens (tertiary/aromatic N) is 2. The van der Waals surface area contributed by atoms with Crippen LogP contribution in [0.15, 0.2) is 59.6 Å². The molecule has 0 aliphatic carbocycles. The largest absolute Gasteiger partial charge is 0.508 e. The Bertz CT molecular complexity index is 3270. The van der Waals surface area contributed by atoms with Crippen molar-refractivity contribution in [1.29, 1.82) is 0 Å². The molecule has 35 heteroatoms. The van der Waals surface area contributed by atoms with Crippen LogP contribution in [0, 0.1) is 17.8 Å². The molecular formula is C75H126N20O15. The number of amides is 12. The summed E-state index contributed by atoms with van der Waals surface area (Å²) in [5.74, 6) is -11.3. The lowest BCUT2D eigenvalue weighted by atomic mass is 9.96. The number of phenols is 1. The number of rotatable bonds is 54. The Morgan fingerprint density at radius 1 is 0.482 bits per heavy atom. The quantitative estimate of drug-likeness (QED) is 0.0191. The summed E-state index contributed by atoms with van der Waals surface area (Å²) in [5, 5.41) is 49.1. The fourth-order valence-corrected chi connectivity index (χ4v) is 12.4. The van der Waals surface area contributed by atoms with Gasteiger partial charge in [-0.3, -0.25) is 62.5 Å². The third-order valence-electron chi connectivity index (χ3n) is 18.7. The number of hydrogen-bond acceptors (Lipinski definition) is 20. The Balaban J connectivity index is 1.91. The van der Waals surface area contributed by atoms with Gasteiger partial charge in [-0.2, -0.15) is 0 Å². The van der Waals surface area contributed by atoms with Gasteiger partial charge in [0.1, 0.15) is 66.2 Å². The van der Waals surface area contributed by atoms with E-state index in [1.807, 2.05) is 27.7 Å². The molecule has 27 N–H and O–H groups in total. The van der Waals surface area contributed by atoms with Gasteiger partial charge in [-0.15, -0.1) is 0 Å². The Morgan fingerprint density at radius 3 is 1.41 bits per heavy atom. The predicted molar refractivity (Wildman–Crippen MR) is 416 cm³/mol. The average molecular weight is 1550 g/mol. The standard InChI is InChI=1S/C75H126N20O15/c1-7-47(6)63(72(107)90-55(27-19-37-83-75(81)82)73(108)95-38-20-28-60(95)71(106)89-53(24-12-16-34-77)66(101)92-58(40-46(4)5)69(104)91-56(74(109)110)26-14-18-36-79)94-67(102)54(25-13-17-35-78)87-65(100)52(23-11-15-33-76)88-68(103)57(39-45(2)3)93-70(105)59(42-48-21-9-8-10-22-48)86-62(98)44-84-61(97)43-85-64(99)51(80)41-49-29-31-50(96)32-30-49/h8-10,21-22,29-32,45-47,51-60,63,96H,7,11-20,23-28,33-44,76-80H2,1-6H3,(H,84,97)(H,85,99)(H,86,98)(H,87,100)(H,88,103)(H,89,106)(H,90,107)(H,91,104)(H,92,101)(H,93,105)(H,94,102)(H,109,110)(H4,81,82,83)/t47-,51-,52-,53-,54-,55-,56-,57-,58-,59-,60-,63-/m0/s1. The van der Waals surface area contributed by atoms with Gasteiger partial charge in [0.05, 0.1) is 19.1 Å². The van der Waals surface area contributed by atoms with E-state index in [0.717, 1.165) is 0 Å². The molecule has 1 aliphatic heterocycles. The molecule has 2 aromatic carbocycles. The van der Waals surface area contributed by atoms with Crippen LogP contribution in [0.3, 0.4) is 0 Å². The summed E-state index contributed by atoms with van der Waals surface area (Å²) in [6, 6.07) is 1.03. The molecule has 35 nitrogen and oxygen atoms in total. The van der Waals surface area contributed by atoms with Gasteiger partial charge in [0.2, 0.25) is 70.9 Å². The van der Waals surface area contributed by atoms with Crippen molar-refractivity contribution in [2.45, 2.75) is 243 Å². The number of aliphatic imine (C=N–C) groups is 1. The lowest BCUT2D eigenvalue weighted by molar-refractivity contribution is -0.143. The summed E-state index contributed by atoms with van der Waals surface area (Å²) in [7, 11) is 0. The van der Waals surface area contributed by atoms with E-state index in [9.17, 15) is 67.7 Å². The third-order valence-corrected chi connectivity index (χ3v) is 18.7. The molecule has 0 bridgehead atoms. The first-order valence-corrected chi connectivity index (χ1v) is 38.6. The zero-order valence-corrected chi connectivity index (χ0v) is 64.9. The van der Waals surface area contributed by atoms with Crippen LogP contribution in [0.25, 0.3) is 0 Å². The smallest absolute Gasteiger partial charge is 0.326 e. The van der Waals surface area contributed by atoms with Crippen LogP contribution in [0.4, 0.5) is 0 Å². The summed E-state index contributed by atoms with van der Waals surface area (Å²) < 4.78 is 0. The van der Waals surface area contributed by atoms with Gasteiger partial charge in [0, 0.05) is 19.5 Å². The monoisotopic (exact) mass is 1550 g/mol. The molecule has 1 fully saturated rings. The lowest BCUT2D eigenvalue weighted by Crippen LogP contribution is -2.61. The third kappa shape index (κ3) is 35.8. The molecule has 1 saturated heterocycles. The molecule has 2 aromatic rings. The highest BCUT2D eigenvalue weighted by molar-refractivity contribution is 5.99. The Hall–Kier alpha value is -9.58. The number of likely N-dealkylation sites (tertiary alicyclic amines) is 1. The van der Waals surface area contributed by atoms with Crippen LogP contribution in [0.1, 0.15) is 175 Å². The number of benzene rings is 2. The van der Waals surface area contributed by atoms with E-state index in [4.69, 9.17) is 40.1 Å². The number of guanidine groups is 1. The minimum atomic E-state index is -1.34. The highest BCUT2D eigenvalue weighted by atomic mass is 16.4. The minimum absolute atomic E-state index is 0.0164. The van der Waals surface area contributed by atoms with E-state index in [2.05, 4.69) is 63.5 Å². The van der Waals surface area contributed by atoms with Crippen molar-refractivity contribution < 1.29 is 72.5 Å². The highest BCUT2D eigenvalue weighted by Gasteiger charge is 2.42. The molecule has 12 atom stereocenters. The van der Waals surface area contributed by atoms with E-state index in [0.29, 0.717) is 81.9 Å². The topological polar surface area (TPSA) is 592 Å². The summed E-state index contributed by atoms with van der Waals surface area (Å²) >= 11 is 0. The van der Waals surface area contributed by atoms with E-state index in [-0.39, 0.29) is 127 Å². The minimum Gasteiger partial charge on any atom is -0.508 e. The SMILES string of the molecule is CC[C@H](C)[C@H](NC(=O)[C@H](CCCCN)NC(=O)[C@H](CCCCN)NC(=O)[C@H](CC(C)C)NC(=O)[C@H](Cc1ccccc1)NC(=O)CNC(=O)CNC(=O)[C@@H](N)Cc1ccc(O)cc1)C(=O)N[C@@H](CCCN=C(N)N)C(=O)N1CCC[C@H]1C(=O)N[C@@H](CCCCN)C(=O)N[C@@H](CC(C)C)C(=O)N[C@@H](CCCCN)C(=O)O. The second kappa shape index (κ2) is 51.7. The fraction of sp³-hybridized carbons (Fsp3) is 0.653. The Morgan fingerprint density at radius 2 is 0.918 bits per heavy atom. The number of aromatic hydroxyl groups is 1. The van der Waals surface area contributed by atoms with Crippen molar-refractivity contribution in [3.8, 4) is 5.75 Å². The normalized spacial score (nSPS) is 15.6. The predicted octanol–water partition coefficient (Wildman–Crippen LogP) is -2.12. The summed E-state index contributed by atoms with van der Waals surface area (Å²) in [6.45, 7) is 10.8. The first-order chi connectivity index (χ1) is 52.4. The van der Waals surface area contributed by atoms with Gasteiger partial charge in [-0.25, -0.2) is 4.79 Å². The van der Waals surface area contributed by atoms with Crippen LogP contribution in [0.2, 0.25) is 0 Å². The average Bonchev–Trinajstić information content (AvgIpc) is 1.61. The van der Waals surface area contributed by atoms with E-state index >= 15 is 4.79 Å². The molecule has 110 heavy (non-hydrogen) atoms. The number of hydrogen-bond donors (Lipinski definition) is 20. The van der Waals surface area contributed by atoms with Crippen molar-refractivity contribution in [3.63, 3.8) is 0 Å². The maximum Gasteiger partial charge on any atom is 0.326 e.